The molecule has 0 amide bonds. The van der Waals surface area contributed by atoms with Gasteiger partial charge in [-0.25, -0.2) is 0 Å². The number of aryl methyl sites for hydroxylation is 1. The normalized spacial score (nSPS) is 11.4. The Labute approximate surface area is 155 Å². The fraction of sp³-hybridized carbons (Fsp3) is 0.526. The molecule has 0 aliphatic rings. The van der Waals surface area contributed by atoms with Crippen LogP contribution in [0.1, 0.15) is 31.7 Å². The molecule has 1 aromatic carbocycles. The number of nitrogens with zero attached hydrogens (tertiary/aromatic N) is 4. The number of hydrogen-bond donors (Lipinski definition) is 2. The molecule has 1 aromatic heterocycles. The lowest BCUT2D eigenvalue weighted by Crippen LogP contribution is -2.40. The molecule has 0 spiro atoms. The predicted octanol–water partition coefficient (Wildman–Crippen LogP) is 2.04. The molecule has 7 heteroatoms. The zero-order chi connectivity index (χ0) is 18.6. The molecule has 2 rings (SSSR count). The van der Waals surface area contributed by atoms with Gasteiger partial charge in [-0.2, -0.15) is 0 Å². The van der Waals surface area contributed by atoms with Crippen LogP contribution in [-0.4, -0.2) is 47.5 Å². The van der Waals surface area contributed by atoms with Gasteiger partial charge in [0.2, 0.25) is 0 Å². The molecule has 142 valence electrons. The Morgan fingerprint density at radius 2 is 1.92 bits per heavy atom. The first-order chi connectivity index (χ1) is 12.8. The van der Waals surface area contributed by atoms with Crippen LogP contribution >= 0.6 is 0 Å². The second-order valence-electron chi connectivity index (χ2n) is 5.98. The maximum atomic E-state index is 5.19. The SMILES string of the molecule is CCCN=C(NCCc1ccc(OC)cc1)NCCn1cnnc1CC. The molecule has 1 heterocycles. The number of nitrogens with one attached hydrogen (secondary N) is 2. The molecule has 0 bridgehead atoms. The van der Waals surface area contributed by atoms with Gasteiger partial charge in [-0.3, -0.25) is 4.99 Å². The number of ether oxygens (including phenoxy) is 1. The summed E-state index contributed by atoms with van der Waals surface area (Å²) >= 11 is 0. The van der Waals surface area contributed by atoms with Crippen LogP contribution in [0.15, 0.2) is 35.6 Å². The van der Waals surface area contributed by atoms with Gasteiger partial charge in [0.15, 0.2) is 5.96 Å². The first-order valence-electron chi connectivity index (χ1n) is 9.28. The lowest BCUT2D eigenvalue weighted by Gasteiger charge is -2.13. The van der Waals surface area contributed by atoms with Gasteiger partial charge in [-0.15, -0.1) is 10.2 Å². The first kappa shape index (κ1) is 19.8. The summed E-state index contributed by atoms with van der Waals surface area (Å²) in [7, 11) is 1.68. The maximum Gasteiger partial charge on any atom is 0.191 e. The Bertz CT molecular complexity index is 665. The summed E-state index contributed by atoms with van der Waals surface area (Å²) in [5.41, 5.74) is 1.27. The van der Waals surface area contributed by atoms with E-state index in [0.717, 1.165) is 63.0 Å². The topological polar surface area (TPSA) is 76.4 Å². The molecule has 2 N–H and O–H groups in total. The molecule has 0 atom stereocenters. The van der Waals surface area contributed by atoms with Crippen molar-refractivity contribution in [2.45, 2.75) is 39.7 Å². The Kier molecular flexibility index (Phi) is 8.45. The maximum absolute atomic E-state index is 5.19. The van der Waals surface area contributed by atoms with Crippen molar-refractivity contribution in [3.05, 3.63) is 42.0 Å². The number of hydrogen-bond acceptors (Lipinski definition) is 4. The van der Waals surface area contributed by atoms with Gasteiger partial charge in [0.25, 0.3) is 0 Å². The third kappa shape index (κ3) is 6.38. The number of rotatable bonds is 10. The Hall–Kier alpha value is -2.57. The number of guanidine groups is 1. The molecule has 7 nitrogen and oxygen atoms in total. The molecule has 0 aliphatic carbocycles. The van der Waals surface area contributed by atoms with E-state index in [1.54, 1.807) is 13.4 Å². The van der Waals surface area contributed by atoms with E-state index in [0.29, 0.717) is 0 Å². The quantitative estimate of drug-likeness (QED) is 0.502. The molecule has 0 fully saturated rings. The second kappa shape index (κ2) is 11.1. The number of methoxy groups -OCH3 is 1. The Morgan fingerprint density at radius 1 is 1.15 bits per heavy atom. The minimum atomic E-state index is 0.781. The fourth-order valence-electron chi connectivity index (χ4n) is 2.55. The minimum Gasteiger partial charge on any atom is -0.497 e. The van der Waals surface area contributed by atoms with Crippen LogP contribution in [0.3, 0.4) is 0 Å². The molecular weight excluding hydrogens is 328 g/mol. The van der Waals surface area contributed by atoms with Gasteiger partial charge < -0.3 is 19.9 Å². The molecule has 0 aliphatic heterocycles. The smallest absolute Gasteiger partial charge is 0.191 e. The van der Waals surface area contributed by atoms with Gasteiger partial charge in [-0.05, 0) is 30.5 Å². The number of aromatic nitrogens is 3. The van der Waals surface area contributed by atoms with Crippen molar-refractivity contribution < 1.29 is 4.74 Å². The fourth-order valence-corrected chi connectivity index (χ4v) is 2.55. The summed E-state index contributed by atoms with van der Waals surface area (Å²) in [6.07, 6.45) is 4.62. The van der Waals surface area contributed by atoms with E-state index in [1.807, 2.05) is 12.1 Å². The minimum absolute atomic E-state index is 0.781. The zero-order valence-electron chi connectivity index (χ0n) is 16.0. The summed E-state index contributed by atoms with van der Waals surface area (Å²) in [4.78, 5) is 4.60. The van der Waals surface area contributed by atoms with Crippen LogP contribution in [0.4, 0.5) is 0 Å². The summed E-state index contributed by atoms with van der Waals surface area (Å²) in [5, 5.41) is 14.9. The van der Waals surface area contributed by atoms with Gasteiger partial charge >= 0.3 is 0 Å². The van der Waals surface area contributed by atoms with Gasteiger partial charge in [0.05, 0.1) is 7.11 Å². The summed E-state index contributed by atoms with van der Waals surface area (Å²) in [5.74, 6) is 2.74. The standard InChI is InChI=1S/C19H30N6O/c1-4-11-20-19(22-13-14-25-15-23-24-18(25)5-2)21-12-10-16-6-8-17(26-3)9-7-16/h6-9,15H,4-5,10-14H2,1-3H3,(H2,20,21,22). The van der Waals surface area contributed by atoms with E-state index in [1.165, 1.54) is 5.56 Å². The molecule has 2 aromatic rings. The number of benzene rings is 1. The third-order valence-corrected chi connectivity index (χ3v) is 4.02. The van der Waals surface area contributed by atoms with Gasteiger partial charge in [0.1, 0.15) is 17.9 Å². The molecule has 26 heavy (non-hydrogen) atoms. The average molecular weight is 358 g/mol. The van der Waals surface area contributed by atoms with Crippen LogP contribution in [0.25, 0.3) is 0 Å². The Morgan fingerprint density at radius 3 is 2.62 bits per heavy atom. The molecule has 0 radical (unpaired) electrons. The predicted molar refractivity (Wildman–Crippen MR) is 105 cm³/mol. The van der Waals surface area contributed by atoms with Crippen molar-refractivity contribution >= 4 is 5.96 Å². The van der Waals surface area contributed by atoms with E-state index >= 15 is 0 Å². The molecule has 0 unspecified atom stereocenters. The van der Waals surface area contributed by atoms with Crippen molar-refractivity contribution in [2.75, 3.05) is 26.7 Å². The third-order valence-electron chi connectivity index (χ3n) is 4.02. The highest BCUT2D eigenvalue weighted by molar-refractivity contribution is 5.79. The highest BCUT2D eigenvalue weighted by Crippen LogP contribution is 2.11. The van der Waals surface area contributed by atoms with Crippen LogP contribution in [-0.2, 0) is 19.4 Å². The summed E-state index contributed by atoms with van der Waals surface area (Å²) < 4.78 is 7.26. The average Bonchev–Trinajstić information content (AvgIpc) is 3.13. The molecule has 0 saturated heterocycles. The second-order valence-corrected chi connectivity index (χ2v) is 5.98. The molecule has 0 saturated carbocycles. The lowest BCUT2D eigenvalue weighted by atomic mass is 10.1. The van der Waals surface area contributed by atoms with E-state index < -0.39 is 0 Å². The van der Waals surface area contributed by atoms with Crippen molar-refractivity contribution in [1.82, 2.24) is 25.4 Å². The largest absolute Gasteiger partial charge is 0.497 e. The zero-order valence-corrected chi connectivity index (χ0v) is 16.0. The van der Waals surface area contributed by atoms with Crippen LogP contribution in [0.5, 0.6) is 5.75 Å². The Balaban J connectivity index is 1.78. The van der Waals surface area contributed by atoms with Crippen molar-refractivity contribution in [2.24, 2.45) is 4.99 Å². The van der Waals surface area contributed by atoms with Crippen LogP contribution in [0.2, 0.25) is 0 Å². The summed E-state index contributed by atoms with van der Waals surface area (Å²) in [6, 6.07) is 8.17. The van der Waals surface area contributed by atoms with Gasteiger partial charge in [0, 0.05) is 32.6 Å². The number of aliphatic imine (C=N–C) groups is 1. The molecular formula is C19H30N6O. The van der Waals surface area contributed by atoms with E-state index in [-0.39, 0.29) is 0 Å². The first-order valence-corrected chi connectivity index (χ1v) is 9.28. The van der Waals surface area contributed by atoms with Crippen molar-refractivity contribution in [3.8, 4) is 5.75 Å². The lowest BCUT2D eigenvalue weighted by molar-refractivity contribution is 0.414. The summed E-state index contributed by atoms with van der Waals surface area (Å²) in [6.45, 7) is 7.45. The van der Waals surface area contributed by atoms with Crippen molar-refractivity contribution in [3.63, 3.8) is 0 Å². The van der Waals surface area contributed by atoms with E-state index in [4.69, 9.17) is 4.74 Å². The van der Waals surface area contributed by atoms with E-state index in [2.05, 4.69) is 56.4 Å². The van der Waals surface area contributed by atoms with Crippen molar-refractivity contribution in [1.29, 1.82) is 0 Å². The highest BCUT2D eigenvalue weighted by atomic mass is 16.5. The van der Waals surface area contributed by atoms with Crippen LogP contribution < -0.4 is 15.4 Å². The highest BCUT2D eigenvalue weighted by Gasteiger charge is 2.03. The van der Waals surface area contributed by atoms with Gasteiger partial charge in [-0.1, -0.05) is 26.0 Å². The van der Waals surface area contributed by atoms with Crippen LogP contribution in [0, 0.1) is 0 Å². The van der Waals surface area contributed by atoms with E-state index in [9.17, 15) is 0 Å². The monoisotopic (exact) mass is 358 g/mol.